The van der Waals surface area contributed by atoms with Crippen LogP contribution in [-0.2, 0) is 10.9 Å². The van der Waals surface area contributed by atoms with Gasteiger partial charge in [-0.25, -0.2) is 0 Å². The van der Waals surface area contributed by atoms with Crippen LogP contribution in [0.1, 0.15) is 28.8 Å². The minimum atomic E-state index is -4.49. The first-order chi connectivity index (χ1) is 12.4. The predicted molar refractivity (Wildman–Crippen MR) is 90.3 cm³/mol. The highest BCUT2D eigenvalue weighted by atomic mass is 19.4. The van der Waals surface area contributed by atoms with E-state index in [4.69, 9.17) is 9.47 Å². The summed E-state index contributed by atoms with van der Waals surface area (Å²) in [7, 11) is 0. The highest BCUT2D eigenvalue weighted by Crippen LogP contribution is 2.29. The molecule has 2 aromatic carbocycles. The lowest BCUT2D eigenvalue weighted by molar-refractivity contribution is -0.137. The lowest BCUT2D eigenvalue weighted by Crippen LogP contribution is -2.16. The molecule has 26 heavy (non-hydrogen) atoms. The third-order valence-corrected chi connectivity index (χ3v) is 4.02. The number of carbonyl (C=O) groups excluding carboxylic acids is 1. The molecule has 0 spiro atoms. The van der Waals surface area contributed by atoms with Gasteiger partial charge in [0, 0.05) is 17.9 Å². The summed E-state index contributed by atoms with van der Waals surface area (Å²) in [6.45, 7) is 1.23. The molecule has 1 fully saturated rings. The molecule has 1 saturated heterocycles. The maximum atomic E-state index is 12.7. The van der Waals surface area contributed by atoms with Crippen molar-refractivity contribution in [3.8, 4) is 5.75 Å². The van der Waals surface area contributed by atoms with Crippen molar-refractivity contribution >= 4 is 11.6 Å². The molecule has 0 unspecified atom stereocenters. The zero-order valence-electron chi connectivity index (χ0n) is 13.9. The fourth-order valence-corrected chi connectivity index (χ4v) is 2.64. The zero-order valence-corrected chi connectivity index (χ0v) is 13.9. The molecule has 0 saturated carbocycles. The van der Waals surface area contributed by atoms with Crippen LogP contribution in [0.15, 0.2) is 48.5 Å². The van der Waals surface area contributed by atoms with Crippen molar-refractivity contribution in [3.63, 3.8) is 0 Å². The molecular weight excluding hydrogens is 347 g/mol. The van der Waals surface area contributed by atoms with E-state index in [1.54, 1.807) is 24.3 Å². The van der Waals surface area contributed by atoms with Gasteiger partial charge < -0.3 is 14.8 Å². The smallest absolute Gasteiger partial charge is 0.416 e. The van der Waals surface area contributed by atoms with Crippen molar-refractivity contribution in [1.82, 2.24) is 0 Å². The van der Waals surface area contributed by atoms with E-state index in [9.17, 15) is 18.0 Å². The number of anilines is 1. The Balaban J connectivity index is 1.59. The van der Waals surface area contributed by atoms with Gasteiger partial charge in [0.05, 0.1) is 11.7 Å². The Morgan fingerprint density at radius 1 is 1.19 bits per heavy atom. The van der Waals surface area contributed by atoms with Crippen LogP contribution in [0.3, 0.4) is 0 Å². The summed E-state index contributed by atoms with van der Waals surface area (Å²) < 4.78 is 49.3. The topological polar surface area (TPSA) is 47.6 Å². The van der Waals surface area contributed by atoms with Crippen LogP contribution in [0.2, 0.25) is 0 Å². The van der Waals surface area contributed by atoms with Crippen LogP contribution in [0.4, 0.5) is 18.9 Å². The van der Waals surface area contributed by atoms with Gasteiger partial charge in [-0.3, -0.25) is 4.79 Å². The Kier molecular flexibility index (Phi) is 5.46. The summed E-state index contributed by atoms with van der Waals surface area (Å²) in [5, 5.41) is 2.57. The first-order valence-electron chi connectivity index (χ1n) is 8.25. The lowest BCUT2D eigenvalue weighted by atomic mass is 10.1. The van der Waals surface area contributed by atoms with Crippen molar-refractivity contribution in [1.29, 1.82) is 0 Å². The van der Waals surface area contributed by atoms with Crippen LogP contribution >= 0.6 is 0 Å². The lowest BCUT2D eigenvalue weighted by Gasteiger charge is -2.12. The van der Waals surface area contributed by atoms with Crippen molar-refractivity contribution in [2.45, 2.75) is 25.1 Å². The van der Waals surface area contributed by atoms with E-state index in [1.165, 1.54) is 12.1 Å². The van der Waals surface area contributed by atoms with Gasteiger partial charge in [-0.1, -0.05) is 6.07 Å². The number of alkyl halides is 3. The Labute approximate surface area is 148 Å². The van der Waals surface area contributed by atoms with Gasteiger partial charge >= 0.3 is 6.18 Å². The van der Waals surface area contributed by atoms with Crippen LogP contribution < -0.4 is 10.1 Å². The average Bonchev–Trinajstić information content (AvgIpc) is 3.14. The summed E-state index contributed by atoms with van der Waals surface area (Å²) in [5.41, 5.74) is -0.446. The van der Waals surface area contributed by atoms with Crippen LogP contribution in [0.25, 0.3) is 0 Å². The largest absolute Gasteiger partial charge is 0.491 e. The Morgan fingerprint density at radius 3 is 2.62 bits per heavy atom. The second-order valence-electron chi connectivity index (χ2n) is 6.00. The van der Waals surface area contributed by atoms with Crippen LogP contribution in [0, 0.1) is 0 Å². The van der Waals surface area contributed by atoms with Gasteiger partial charge in [0.25, 0.3) is 5.91 Å². The third kappa shape index (κ3) is 4.76. The van der Waals surface area contributed by atoms with Gasteiger partial charge in [-0.2, -0.15) is 13.2 Å². The monoisotopic (exact) mass is 365 g/mol. The van der Waals surface area contributed by atoms with Crippen LogP contribution in [-0.4, -0.2) is 25.2 Å². The summed E-state index contributed by atoms with van der Waals surface area (Å²) in [5.74, 6) is 0.0293. The average molecular weight is 365 g/mol. The summed E-state index contributed by atoms with van der Waals surface area (Å²) in [6.07, 6.45) is -2.37. The number of carbonyl (C=O) groups is 1. The maximum absolute atomic E-state index is 12.7. The zero-order chi connectivity index (χ0) is 18.6. The molecule has 7 heteroatoms. The Morgan fingerprint density at radius 2 is 1.96 bits per heavy atom. The first kappa shape index (κ1) is 18.3. The molecule has 0 radical (unpaired) electrons. The van der Waals surface area contributed by atoms with E-state index < -0.39 is 17.6 Å². The number of hydrogen-bond acceptors (Lipinski definition) is 3. The fraction of sp³-hybridized carbons (Fsp3) is 0.316. The first-order valence-corrected chi connectivity index (χ1v) is 8.25. The van der Waals surface area contributed by atoms with Crippen molar-refractivity contribution in [2.24, 2.45) is 0 Å². The molecule has 1 N–H and O–H groups in total. The highest BCUT2D eigenvalue weighted by molar-refractivity contribution is 6.04. The third-order valence-electron chi connectivity index (χ3n) is 4.02. The van der Waals surface area contributed by atoms with Gasteiger partial charge in [-0.05, 0) is 55.3 Å². The van der Waals surface area contributed by atoms with E-state index in [0.29, 0.717) is 18.0 Å². The summed E-state index contributed by atoms with van der Waals surface area (Å²) in [6, 6.07) is 11.0. The molecule has 1 heterocycles. The van der Waals surface area contributed by atoms with E-state index in [2.05, 4.69) is 5.32 Å². The van der Waals surface area contributed by atoms with Crippen molar-refractivity contribution in [2.75, 3.05) is 18.5 Å². The Hall–Kier alpha value is -2.54. The molecule has 4 nitrogen and oxygen atoms in total. The molecule has 0 aromatic heterocycles. The highest BCUT2D eigenvalue weighted by Gasteiger charge is 2.30. The fourth-order valence-electron chi connectivity index (χ4n) is 2.64. The molecular formula is C19H18F3NO3. The predicted octanol–water partition coefficient (Wildman–Crippen LogP) is 4.52. The van der Waals surface area contributed by atoms with E-state index >= 15 is 0 Å². The second-order valence-corrected chi connectivity index (χ2v) is 6.00. The number of ether oxygens (including phenoxy) is 2. The quantitative estimate of drug-likeness (QED) is 0.848. The number of halogens is 3. The summed E-state index contributed by atoms with van der Waals surface area (Å²) in [4.78, 5) is 12.2. The van der Waals surface area contributed by atoms with Gasteiger partial charge in [0.1, 0.15) is 12.4 Å². The minimum absolute atomic E-state index is 0.0569. The van der Waals surface area contributed by atoms with E-state index in [-0.39, 0.29) is 11.7 Å². The molecule has 0 bridgehead atoms. The van der Waals surface area contributed by atoms with E-state index in [1.807, 2.05) is 0 Å². The SMILES string of the molecule is O=C(Nc1ccc(OC[C@@H]2CCCO2)cc1)c1cccc(C(F)(F)F)c1. The Bertz CT molecular complexity index is 753. The standard InChI is InChI=1S/C19H18F3NO3/c20-19(21,22)14-4-1-3-13(11-14)18(24)23-15-6-8-16(9-7-15)26-12-17-5-2-10-25-17/h1,3-4,6-9,11,17H,2,5,10,12H2,(H,23,24)/t17-/m0/s1. The molecule has 3 rings (SSSR count). The molecule has 1 atom stereocenters. The maximum Gasteiger partial charge on any atom is 0.416 e. The molecule has 0 aliphatic carbocycles. The number of hydrogen-bond donors (Lipinski definition) is 1. The molecule has 2 aromatic rings. The number of benzene rings is 2. The molecule has 1 aliphatic rings. The normalized spacial score (nSPS) is 17.1. The molecule has 1 amide bonds. The van der Waals surface area contributed by atoms with Gasteiger partial charge in [0.15, 0.2) is 0 Å². The van der Waals surface area contributed by atoms with Crippen molar-refractivity contribution < 1.29 is 27.4 Å². The van der Waals surface area contributed by atoms with Gasteiger partial charge in [0.2, 0.25) is 0 Å². The number of rotatable bonds is 5. The number of amides is 1. The second kappa shape index (κ2) is 7.78. The summed E-state index contributed by atoms with van der Waals surface area (Å²) >= 11 is 0. The van der Waals surface area contributed by atoms with Crippen LogP contribution in [0.5, 0.6) is 5.75 Å². The molecule has 138 valence electrons. The molecule has 1 aliphatic heterocycles. The van der Waals surface area contributed by atoms with Gasteiger partial charge in [-0.15, -0.1) is 0 Å². The van der Waals surface area contributed by atoms with Crippen molar-refractivity contribution in [3.05, 3.63) is 59.7 Å². The van der Waals surface area contributed by atoms with E-state index in [0.717, 1.165) is 31.6 Å². The number of nitrogens with one attached hydrogen (secondary N) is 1. The minimum Gasteiger partial charge on any atom is -0.491 e.